The maximum Gasteiger partial charge on any atom is 0.247 e. The van der Waals surface area contributed by atoms with Crippen molar-refractivity contribution in [2.75, 3.05) is 5.32 Å². The van der Waals surface area contributed by atoms with E-state index >= 15 is 0 Å². The van der Waals surface area contributed by atoms with Crippen LogP contribution in [-0.2, 0) is 11.2 Å². The number of rotatable bonds is 4. The second-order valence-corrected chi connectivity index (χ2v) is 6.77. The van der Waals surface area contributed by atoms with E-state index < -0.39 is 0 Å². The van der Waals surface area contributed by atoms with Crippen LogP contribution in [0.3, 0.4) is 0 Å². The monoisotopic (exact) mass is 331 g/mol. The molecule has 0 saturated carbocycles. The van der Waals surface area contributed by atoms with Gasteiger partial charge in [-0.2, -0.15) is 0 Å². The number of nitrogens with zero attached hydrogens (tertiary/aromatic N) is 1. The first-order valence-corrected chi connectivity index (χ1v) is 8.27. The zero-order valence-corrected chi connectivity index (χ0v) is 13.8. The number of amides is 1. The van der Waals surface area contributed by atoms with E-state index in [0.717, 1.165) is 26.8 Å². The predicted molar refractivity (Wildman–Crippen MR) is 90.1 cm³/mol. The van der Waals surface area contributed by atoms with Gasteiger partial charge in [0.2, 0.25) is 5.91 Å². The lowest BCUT2D eigenvalue weighted by Crippen LogP contribution is -2.34. The first kappa shape index (κ1) is 15.7. The fourth-order valence-corrected chi connectivity index (χ4v) is 3.57. The zero-order valence-electron chi connectivity index (χ0n) is 13.0. The molecule has 2 N–H and O–H groups in total. The number of carbonyl (C=O) groups excluding carboxylic acids is 1. The lowest BCUT2D eigenvalue weighted by molar-refractivity contribution is -0.117. The van der Waals surface area contributed by atoms with E-state index in [1.807, 2.05) is 26.0 Å². The minimum atomic E-state index is -0.235. The minimum absolute atomic E-state index is 0.0603. The van der Waals surface area contributed by atoms with Crippen LogP contribution in [0.5, 0.6) is 0 Å². The smallest absolute Gasteiger partial charge is 0.247 e. The van der Waals surface area contributed by atoms with Gasteiger partial charge in [-0.05, 0) is 49.7 Å². The van der Waals surface area contributed by atoms with Gasteiger partial charge in [-0.1, -0.05) is 12.1 Å². The molecule has 1 amide bonds. The van der Waals surface area contributed by atoms with Crippen LogP contribution in [-0.4, -0.2) is 16.9 Å². The number of hydrogen-bond acceptors (Lipinski definition) is 4. The minimum Gasteiger partial charge on any atom is -0.380 e. The van der Waals surface area contributed by atoms with Crippen LogP contribution < -0.4 is 10.6 Å². The summed E-state index contributed by atoms with van der Waals surface area (Å²) < 4.78 is 13.5. The molecule has 4 nitrogen and oxygen atoms in total. The number of aromatic nitrogens is 1. The first-order valence-electron chi connectivity index (χ1n) is 7.45. The molecule has 1 aliphatic rings. The molecule has 3 rings (SSSR count). The van der Waals surface area contributed by atoms with Gasteiger partial charge in [0.15, 0.2) is 0 Å². The van der Waals surface area contributed by atoms with Gasteiger partial charge in [-0.15, -0.1) is 11.3 Å². The Bertz CT molecular complexity index is 741. The maximum atomic E-state index is 13.5. The van der Waals surface area contributed by atoms with E-state index in [2.05, 4.69) is 15.6 Å². The van der Waals surface area contributed by atoms with Gasteiger partial charge in [-0.25, -0.2) is 9.37 Å². The van der Waals surface area contributed by atoms with E-state index in [4.69, 9.17) is 0 Å². The van der Waals surface area contributed by atoms with Gasteiger partial charge < -0.3 is 10.6 Å². The number of benzene rings is 1. The quantitative estimate of drug-likeness (QED) is 0.904. The van der Waals surface area contributed by atoms with Gasteiger partial charge in [0.05, 0.1) is 10.7 Å². The standard InChI is InChI=1S/C17H18FN3OS/c1-10-6-12(8-13(18)7-10)9-15-20-11(2)17(23-15)21-16(22)14-4-3-5-19-14/h3,5-8,14,19H,4,9H2,1-2H3,(H,21,22). The molecule has 2 aromatic rings. The molecular weight excluding hydrogens is 313 g/mol. The molecule has 1 aromatic carbocycles. The molecule has 1 aromatic heterocycles. The van der Waals surface area contributed by atoms with Crippen LogP contribution in [0.15, 0.2) is 30.5 Å². The van der Waals surface area contributed by atoms with Crippen molar-refractivity contribution in [2.45, 2.75) is 32.7 Å². The summed E-state index contributed by atoms with van der Waals surface area (Å²) in [5.41, 5.74) is 2.56. The van der Waals surface area contributed by atoms with Crippen LogP contribution >= 0.6 is 11.3 Å². The van der Waals surface area contributed by atoms with Crippen molar-refractivity contribution in [1.29, 1.82) is 0 Å². The predicted octanol–water partition coefficient (Wildman–Crippen LogP) is 3.30. The number of nitrogens with one attached hydrogen (secondary N) is 2. The average molecular weight is 331 g/mol. The second-order valence-electron chi connectivity index (χ2n) is 5.68. The van der Waals surface area contributed by atoms with Crippen LogP contribution in [0.1, 0.15) is 28.2 Å². The summed E-state index contributed by atoms with van der Waals surface area (Å²) in [6, 6.07) is 4.76. The van der Waals surface area contributed by atoms with Crippen LogP contribution in [0.4, 0.5) is 9.39 Å². The Morgan fingerprint density at radius 2 is 2.26 bits per heavy atom. The summed E-state index contributed by atoms with van der Waals surface area (Å²) >= 11 is 1.44. The third kappa shape index (κ3) is 3.76. The second kappa shape index (κ2) is 6.50. The van der Waals surface area contributed by atoms with Gasteiger partial charge in [0.25, 0.3) is 0 Å². The number of anilines is 1. The Balaban J connectivity index is 1.71. The van der Waals surface area contributed by atoms with Gasteiger partial charge in [0, 0.05) is 6.42 Å². The summed E-state index contributed by atoms with van der Waals surface area (Å²) in [4.78, 5) is 16.6. The normalized spacial score (nSPS) is 16.4. The highest BCUT2D eigenvalue weighted by molar-refractivity contribution is 7.16. The summed E-state index contributed by atoms with van der Waals surface area (Å²) in [6.07, 6.45) is 4.98. The molecule has 0 spiro atoms. The van der Waals surface area contributed by atoms with Crippen molar-refractivity contribution in [1.82, 2.24) is 10.3 Å². The molecule has 0 aliphatic carbocycles. The van der Waals surface area contributed by atoms with Gasteiger partial charge >= 0.3 is 0 Å². The molecule has 120 valence electrons. The third-order valence-electron chi connectivity index (χ3n) is 3.64. The van der Waals surface area contributed by atoms with E-state index in [0.29, 0.717) is 12.8 Å². The van der Waals surface area contributed by atoms with Crippen molar-refractivity contribution in [2.24, 2.45) is 0 Å². The summed E-state index contributed by atoms with van der Waals surface area (Å²) in [5, 5.41) is 7.54. The molecule has 0 bridgehead atoms. The van der Waals surface area contributed by atoms with E-state index in [-0.39, 0.29) is 17.8 Å². The summed E-state index contributed by atoms with van der Waals surface area (Å²) in [7, 11) is 0. The molecule has 0 fully saturated rings. The summed E-state index contributed by atoms with van der Waals surface area (Å²) in [5.74, 6) is -0.295. The zero-order chi connectivity index (χ0) is 16.4. The first-order chi connectivity index (χ1) is 11.0. The van der Waals surface area contributed by atoms with E-state index in [1.165, 1.54) is 23.5 Å². The van der Waals surface area contributed by atoms with E-state index in [9.17, 15) is 9.18 Å². The number of carbonyl (C=O) groups is 1. The molecule has 0 radical (unpaired) electrons. The van der Waals surface area contributed by atoms with Crippen molar-refractivity contribution in [3.63, 3.8) is 0 Å². The lowest BCUT2D eigenvalue weighted by atomic mass is 10.1. The SMILES string of the molecule is Cc1cc(F)cc(Cc2nc(C)c(NC(=O)C3CC=CN3)s2)c1. The molecule has 0 saturated heterocycles. The Hall–Kier alpha value is -2.21. The number of hydrogen-bond donors (Lipinski definition) is 2. The Morgan fingerprint density at radius 1 is 1.43 bits per heavy atom. The van der Waals surface area contributed by atoms with Gasteiger partial charge in [-0.3, -0.25) is 4.79 Å². The molecule has 1 aliphatic heterocycles. The molecule has 1 unspecified atom stereocenters. The van der Waals surface area contributed by atoms with Crippen molar-refractivity contribution >= 4 is 22.2 Å². The third-order valence-corrected chi connectivity index (χ3v) is 4.71. The molecule has 23 heavy (non-hydrogen) atoms. The van der Waals surface area contributed by atoms with Crippen molar-refractivity contribution in [3.8, 4) is 0 Å². The average Bonchev–Trinajstić information content (AvgIpc) is 3.08. The Labute approximate surface area is 138 Å². The largest absolute Gasteiger partial charge is 0.380 e. The summed E-state index contributed by atoms with van der Waals surface area (Å²) in [6.45, 7) is 3.74. The van der Waals surface area contributed by atoms with E-state index in [1.54, 1.807) is 6.20 Å². The fraction of sp³-hybridized carbons (Fsp3) is 0.294. The maximum absolute atomic E-state index is 13.5. The molecule has 2 heterocycles. The van der Waals surface area contributed by atoms with Crippen LogP contribution in [0.2, 0.25) is 0 Å². The number of thiazole rings is 1. The highest BCUT2D eigenvalue weighted by atomic mass is 32.1. The van der Waals surface area contributed by atoms with Gasteiger partial charge in [0.1, 0.15) is 16.9 Å². The van der Waals surface area contributed by atoms with Crippen LogP contribution in [0, 0.1) is 19.7 Å². The molecule has 1 atom stereocenters. The molecule has 6 heteroatoms. The Kier molecular flexibility index (Phi) is 4.43. The lowest BCUT2D eigenvalue weighted by Gasteiger charge is -2.10. The topological polar surface area (TPSA) is 54.0 Å². The number of aryl methyl sites for hydroxylation is 2. The fourth-order valence-electron chi connectivity index (χ4n) is 2.57. The van der Waals surface area contributed by atoms with Crippen molar-refractivity contribution < 1.29 is 9.18 Å². The number of halogens is 1. The van der Waals surface area contributed by atoms with Crippen molar-refractivity contribution in [3.05, 3.63) is 58.1 Å². The Morgan fingerprint density at radius 3 is 2.96 bits per heavy atom. The highest BCUT2D eigenvalue weighted by Gasteiger charge is 2.20. The molecular formula is C17H18FN3OS. The van der Waals surface area contributed by atoms with Crippen LogP contribution in [0.25, 0.3) is 0 Å². The highest BCUT2D eigenvalue weighted by Crippen LogP contribution is 2.26.